The monoisotopic (exact) mass is 363 g/mol. The van der Waals surface area contributed by atoms with Crippen LogP contribution < -0.4 is 15.2 Å². The van der Waals surface area contributed by atoms with Crippen molar-refractivity contribution in [3.63, 3.8) is 0 Å². The maximum Gasteiger partial charge on any atom is 0.186 e. The number of anilines is 1. The van der Waals surface area contributed by atoms with Gasteiger partial charge in [0.05, 0.1) is 16.8 Å². The SMILES string of the molecule is CCCCCCCCOc1cc2nc(N(C)C(C)C)sc2cc1N=[NH2+]. The number of ether oxygens (including phenoxy) is 1. The Hall–Kier alpha value is -1.69. The van der Waals surface area contributed by atoms with Crippen LogP contribution in [0.25, 0.3) is 10.2 Å². The Labute approximate surface area is 154 Å². The Bertz CT molecular complexity index is 683. The molecular weight excluding hydrogens is 332 g/mol. The summed E-state index contributed by atoms with van der Waals surface area (Å²) in [6.45, 7) is 7.24. The number of benzene rings is 1. The van der Waals surface area contributed by atoms with Gasteiger partial charge in [-0.2, -0.15) is 5.53 Å². The van der Waals surface area contributed by atoms with Gasteiger partial charge in [-0.3, -0.25) is 0 Å². The first-order valence-corrected chi connectivity index (χ1v) is 10.1. The van der Waals surface area contributed by atoms with E-state index in [-0.39, 0.29) is 0 Å². The van der Waals surface area contributed by atoms with Gasteiger partial charge in [0.2, 0.25) is 0 Å². The van der Waals surface area contributed by atoms with Crippen LogP contribution in [0.3, 0.4) is 0 Å². The lowest BCUT2D eigenvalue weighted by molar-refractivity contribution is -0.210. The van der Waals surface area contributed by atoms with Crippen LogP contribution in [-0.4, -0.2) is 24.7 Å². The van der Waals surface area contributed by atoms with Crippen LogP contribution in [-0.2, 0) is 0 Å². The highest BCUT2D eigenvalue weighted by Gasteiger charge is 2.15. The van der Waals surface area contributed by atoms with Crippen molar-refractivity contribution in [1.82, 2.24) is 4.98 Å². The van der Waals surface area contributed by atoms with Crippen LogP contribution in [0.4, 0.5) is 10.8 Å². The summed E-state index contributed by atoms with van der Waals surface area (Å²) in [4.78, 5) is 6.90. The molecule has 1 aromatic heterocycles. The predicted octanol–water partition coefficient (Wildman–Crippen LogP) is 4.72. The first-order valence-electron chi connectivity index (χ1n) is 9.28. The molecule has 0 radical (unpaired) electrons. The van der Waals surface area contributed by atoms with Gasteiger partial charge in [0.15, 0.2) is 16.6 Å². The van der Waals surface area contributed by atoms with Crippen molar-refractivity contribution in [2.75, 3.05) is 18.6 Å². The van der Waals surface area contributed by atoms with E-state index in [9.17, 15) is 0 Å². The number of rotatable bonds is 11. The van der Waals surface area contributed by atoms with E-state index in [4.69, 9.17) is 15.3 Å². The number of nitrogens with zero attached hydrogens (tertiary/aromatic N) is 3. The molecule has 0 bridgehead atoms. The van der Waals surface area contributed by atoms with Gasteiger partial charge in [0.25, 0.3) is 0 Å². The molecule has 0 unspecified atom stereocenters. The van der Waals surface area contributed by atoms with Gasteiger partial charge in [-0.05, 0) is 31.4 Å². The smallest absolute Gasteiger partial charge is 0.186 e. The summed E-state index contributed by atoms with van der Waals surface area (Å²) in [6.07, 6.45) is 7.46. The summed E-state index contributed by atoms with van der Waals surface area (Å²) >= 11 is 1.66. The summed E-state index contributed by atoms with van der Waals surface area (Å²) in [6, 6.07) is 4.34. The summed E-state index contributed by atoms with van der Waals surface area (Å²) in [5.41, 5.74) is 7.20. The van der Waals surface area contributed by atoms with Crippen molar-refractivity contribution in [2.24, 2.45) is 5.11 Å². The fourth-order valence-corrected chi connectivity index (χ4v) is 3.66. The van der Waals surface area contributed by atoms with Crippen molar-refractivity contribution in [1.29, 1.82) is 0 Å². The van der Waals surface area contributed by atoms with Gasteiger partial charge in [-0.1, -0.05) is 50.4 Å². The highest BCUT2D eigenvalue weighted by molar-refractivity contribution is 7.22. The lowest BCUT2D eigenvalue weighted by Crippen LogP contribution is -2.25. The molecule has 0 fully saturated rings. The second-order valence-electron chi connectivity index (χ2n) is 6.73. The second-order valence-corrected chi connectivity index (χ2v) is 7.74. The molecule has 1 heterocycles. The van der Waals surface area contributed by atoms with Gasteiger partial charge in [-0.15, -0.1) is 0 Å². The molecule has 0 saturated heterocycles. The number of aromatic nitrogens is 1. The Kier molecular flexibility index (Phi) is 7.62. The van der Waals surface area contributed by atoms with Crippen LogP contribution in [0.5, 0.6) is 5.75 Å². The number of hydrogen-bond donors (Lipinski definition) is 1. The zero-order chi connectivity index (χ0) is 18.2. The zero-order valence-corrected chi connectivity index (χ0v) is 16.7. The Morgan fingerprint density at radius 2 is 1.92 bits per heavy atom. The number of nitrogens with two attached hydrogens (primary N) is 1. The number of hydrogen-bond acceptors (Lipinski definition) is 5. The zero-order valence-electron chi connectivity index (χ0n) is 15.9. The topological polar surface area (TPSA) is 63.3 Å². The third-order valence-corrected chi connectivity index (χ3v) is 5.54. The molecule has 0 aliphatic rings. The van der Waals surface area contributed by atoms with E-state index in [0.29, 0.717) is 18.3 Å². The molecule has 0 atom stereocenters. The number of fused-ring (bicyclic) bond motifs is 1. The van der Waals surface area contributed by atoms with Crippen LogP contribution >= 0.6 is 11.3 Å². The van der Waals surface area contributed by atoms with Gasteiger partial charge >= 0.3 is 0 Å². The average Bonchev–Trinajstić information content (AvgIpc) is 3.02. The van der Waals surface area contributed by atoms with Crippen LogP contribution in [0.1, 0.15) is 59.3 Å². The standard InChI is InChI=1S/C19H30N4OS/c1-5-6-7-8-9-10-11-24-17-12-16-18(13-15(17)22-20)25-19(21-16)23(4)14(2)3/h12-14,20H,5-11H2,1-4H3/p+1. The maximum atomic E-state index is 5.94. The molecule has 0 aliphatic carbocycles. The van der Waals surface area contributed by atoms with Crippen molar-refractivity contribution >= 4 is 32.4 Å². The van der Waals surface area contributed by atoms with Crippen molar-refractivity contribution in [2.45, 2.75) is 65.3 Å². The number of unbranched alkanes of at least 4 members (excludes halogenated alkanes) is 5. The largest absolute Gasteiger partial charge is 0.491 e. The summed E-state index contributed by atoms with van der Waals surface area (Å²) in [5.74, 6) is 0.729. The van der Waals surface area contributed by atoms with E-state index < -0.39 is 0 Å². The van der Waals surface area contributed by atoms with Crippen LogP contribution in [0.2, 0.25) is 0 Å². The molecule has 25 heavy (non-hydrogen) atoms. The molecule has 0 aliphatic heterocycles. The predicted molar refractivity (Wildman–Crippen MR) is 106 cm³/mol. The van der Waals surface area contributed by atoms with Crippen LogP contribution in [0, 0.1) is 0 Å². The van der Waals surface area contributed by atoms with Crippen molar-refractivity contribution in [3.8, 4) is 5.75 Å². The minimum Gasteiger partial charge on any atom is -0.491 e. The highest BCUT2D eigenvalue weighted by atomic mass is 32.1. The summed E-state index contributed by atoms with van der Waals surface area (Å²) in [7, 11) is 2.06. The normalized spacial score (nSPS) is 11.2. The quantitative estimate of drug-likeness (QED) is 0.464. The molecule has 5 nitrogen and oxygen atoms in total. The van der Waals surface area contributed by atoms with Crippen molar-refractivity contribution in [3.05, 3.63) is 12.1 Å². The van der Waals surface area contributed by atoms with Gasteiger partial charge in [0.1, 0.15) is 0 Å². The molecule has 0 saturated carbocycles. The lowest BCUT2D eigenvalue weighted by Gasteiger charge is -2.19. The molecule has 2 N–H and O–H groups in total. The van der Waals surface area contributed by atoms with Crippen molar-refractivity contribution < 1.29 is 10.3 Å². The van der Waals surface area contributed by atoms with Gasteiger partial charge in [-0.25, -0.2) is 4.98 Å². The molecule has 2 rings (SSSR count). The molecule has 0 amide bonds. The van der Waals surface area contributed by atoms with E-state index in [2.05, 4.69) is 37.8 Å². The highest BCUT2D eigenvalue weighted by Crippen LogP contribution is 2.37. The Morgan fingerprint density at radius 3 is 2.60 bits per heavy atom. The van der Waals surface area contributed by atoms with E-state index >= 15 is 0 Å². The first kappa shape index (κ1) is 19.6. The first-order chi connectivity index (χ1) is 12.1. The van der Waals surface area contributed by atoms with Gasteiger partial charge in [0, 0.05) is 19.2 Å². The summed E-state index contributed by atoms with van der Waals surface area (Å²) < 4.78 is 7.02. The van der Waals surface area contributed by atoms with Crippen LogP contribution in [0.15, 0.2) is 17.2 Å². The maximum absolute atomic E-state index is 5.94. The Morgan fingerprint density at radius 1 is 1.20 bits per heavy atom. The second kappa shape index (κ2) is 9.70. The molecule has 2 aromatic rings. The fourth-order valence-electron chi connectivity index (χ4n) is 2.58. The minimum atomic E-state index is 0.405. The molecular formula is C19H31N4OS+. The van der Waals surface area contributed by atoms with Gasteiger partial charge < -0.3 is 9.64 Å². The average molecular weight is 364 g/mol. The molecule has 6 heteroatoms. The Balaban J connectivity index is 2.02. The molecule has 0 spiro atoms. The third-order valence-electron chi connectivity index (χ3n) is 4.43. The molecule has 138 valence electrons. The number of thiazole rings is 1. The third kappa shape index (κ3) is 5.39. The van der Waals surface area contributed by atoms with E-state index in [1.54, 1.807) is 11.3 Å². The fraction of sp³-hybridized carbons (Fsp3) is 0.632. The lowest BCUT2D eigenvalue weighted by atomic mass is 10.1. The summed E-state index contributed by atoms with van der Waals surface area (Å²) in [5, 5.41) is 4.89. The van der Waals surface area contributed by atoms with E-state index in [0.717, 1.165) is 27.5 Å². The minimum absolute atomic E-state index is 0.405. The van der Waals surface area contributed by atoms with E-state index in [1.807, 2.05) is 12.1 Å². The van der Waals surface area contributed by atoms with E-state index in [1.165, 1.54) is 32.1 Å². The molecule has 1 aromatic carbocycles.